The maximum Gasteiger partial charge on any atom is 0.242 e. The average Bonchev–Trinajstić information content (AvgIpc) is 2.56. The highest BCUT2D eigenvalue weighted by Gasteiger charge is 2.31. The Morgan fingerprint density at radius 3 is 2.92 bits per heavy atom. The second-order valence-electron chi connectivity index (χ2n) is 6.69. The maximum atomic E-state index is 13.7. The number of nitrogens with one attached hydrogen (secondary N) is 2. The van der Waals surface area contributed by atoms with Crippen LogP contribution in [0.2, 0.25) is 0 Å². The van der Waals surface area contributed by atoms with Crippen molar-refractivity contribution in [1.29, 1.82) is 0 Å². The number of carbonyl (C=O) groups is 1. The fraction of sp³-hybridized carbons (Fsp3) is 0.611. The van der Waals surface area contributed by atoms with Gasteiger partial charge in [-0.3, -0.25) is 9.69 Å². The molecule has 2 heterocycles. The summed E-state index contributed by atoms with van der Waals surface area (Å²) in [7, 11) is 0. The first kappa shape index (κ1) is 17.3. The van der Waals surface area contributed by atoms with Crippen molar-refractivity contribution in [3.8, 4) is 0 Å². The second-order valence-corrected chi connectivity index (χ2v) is 6.69. The third kappa shape index (κ3) is 4.32. The molecule has 0 saturated carbocycles. The molecule has 1 aromatic carbocycles. The third-order valence-corrected chi connectivity index (χ3v) is 4.79. The van der Waals surface area contributed by atoms with Crippen LogP contribution in [0.25, 0.3) is 0 Å². The first-order valence-corrected chi connectivity index (χ1v) is 8.74. The van der Waals surface area contributed by atoms with E-state index < -0.39 is 6.04 Å². The van der Waals surface area contributed by atoms with Crippen LogP contribution >= 0.6 is 0 Å². The minimum Gasteiger partial charge on any atom is -0.379 e. The van der Waals surface area contributed by atoms with E-state index in [0.717, 1.165) is 19.4 Å². The molecular weight excluding hydrogens is 309 g/mol. The largest absolute Gasteiger partial charge is 0.379 e. The lowest BCUT2D eigenvalue weighted by Gasteiger charge is -2.36. The molecule has 0 aromatic heterocycles. The Bertz CT molecular complexity index is 563. The van der Waals surface area contributed by atoms with Crippen molar-refractivity contribution in [2.75, 3.05) is 32.8 Å². The van der Waals surface area contributed by atoms with Crippen LogP contribution in [0.1, 0.15) is 31.4 Å². The number of piperidine rings is 1. The molecule has 2 N–H and O–H groups in total. The van der Waals surface area contributed by atoms with Crippen LogP contribution in [-0.4, -0.2) is 55.7 Å². The van der Waals surface area contributed by atoms with E-state index >= 15 is 0 Å². The van der Waals surface area contributed by atoms with E-state index in [1.54, 1.807) is 6.07 Å². The molecule has 6 heteroatoms. The van der Waals surface area contributed by atoms with Crippen molar-refractivity contribution >= 4 is 5.91 Å². The molecule has 2 saturated heterocycles. The smallest absolute Gasteiger partial charge is 0.242 e. The highest BCUT2D eigenvalue weighted by atomic mass is 19.1. The third-order valence-electron chi connectivity index (χ3n) is 4.79. The molecule has 0 spiro atoms. The van der Waals surface area contributed by atoms with Crippen LogP contribution in [0.4, 0.5) is 4.39 Å². The first-order valence-electron chi connectivity index (χ1n) is 8.74. The van der Waals surface area contributed by atoms with Gasteiger partial charge in [-0.2, -0.15) is 0 Å². The van der Waals surface area contributed by atoms with Crippen LogP contribution < -0.4 is 10.6 Å². The lowest BCUT2D eigenvalue weighted by atomic mass is 9.98. The van der Waals surface area contributed by atoms with E-state index in [4.69, 9.17) is 4.74 Å². The summed E-state index contributed by atoms with van der Waals surface area (Å²) in [5.41, 5.74) is 0.705. The van der Waals surface area contributed by atoms with Crippen molar-refractivity contribution in [3.05, 3.63) is 35.6 Å². The predicted molar refractivity (Wildman–Crippen MR) is 90.2 cm³/mol. The molecule has 3 unspecified atom stereocenters. The molecule has 0 aliphatic carbocycles. The highest BCUT2D eigenvalue weighted by Crippen LogP contribution is 2.24. The molecule has 1 aromatic rings. The van der Waals surface area contributed by atoms with Gasteiger partial charge in [0.05, 0.1) is 13.2 Å². The van der Waals surface area contributed by atoms with Crippen LogP contribution in [0.15, 0.2) is 24.3 Å². The fourth-order valence-electron chi connectivity index (χ4n) is 3.58. The van der Waals surface area contributed by atoms with Gasteiger partial charge in [0.1, 0.15) is 11.9 Å². The molecule has 1 amide bonds. The lowest BCUT2D eigenvalue weighted by molar-refractivity contribution is -0.129. The molecule has 3 atom stereocenters. The van der Waals surface area contributed by atoms with Gasteiger partial charge in [-0.25, -0.2) is 4.39 Å². The lowest BCUT2D eigenvalue weighted by Crippen LogP contribution is -2.51. The molecule has 2 fully saturated rings. The summed E-state index contributed by atoms with van der Waals surface area (Å²) < 4.78 is 19.1. The standard InChI is InChI=1S/C18H26FN3O2/c1-13-11-16(5-6-20-13)21-18(23)17(22-7-9-24-10-8-22)14-3-2-4-15(19)12-14/h2-4,12-13,16-17,20H,5-11H2,1H3,(H,21,23). The van der Waals surface area contributed by atoms with E-state index in [2.05, 4.69) is 22.5 Å². The molecule has 0 bridgehead atoms. The molecule has 24 heavy (non-hydrogen) atoms. The van der Waals surface area contributed by atoms with Crippen LogP contribution in [0.3, 0.4) is 0 Å². The summed E-state index contributed by atoms with van der Waals surface area (Å²) in [6.07, 6.45) is 1.85. The van der Waals surface area contributed by atoms with Gasteiger partial charge in [-0.1, -0.05) is 12.1 Å². The van der Waals surface area contributed by atoms with Gasteiger partial charge >= 0.3 is 0 Å². The van der Waals surface area contributed by atoms with Crippen LogP contribution in [0, 0.1) is 5.82 Å². The number of morpholine rings is 1. The Morgan fingerprint density at radius 1 is 1.42 bits per heavy atom. The van der Waals surface area contributed by atoms with E-state index in [-0.39, 0.29) is 17.8 Å². The number of hydrogen-bond acceptors (Lipinski definition) is 4. The number of amides is 1. The number of nitrogens with zero attached hydrogens (tertiary/aromatic N) is 1. The minimum atomic E-state index is -0.463. The molecule has 0 radical (unpaired) electrons. The first-order chi connectivity index (χ1) is 11.6. The van der Waals surface area contributed by atoms with Crippen molar-refractivity contribution in [2.24, 2.45) is 0 Å². The van der Waals surface area contributed by atoms with Crippen molar-refractivity contribution in [2.45, 2.75) is 37.9 Å². The van der Waals surface area contributed by atoms with E-state index in [1.807, 2.05) is 6.07 Å². The van der Waals surface area contributed by atoms with Gasteiger partial charge in [-0.15, -0.1) is 0 Å². The quantitative estimate of drug-likeness (QED) is 0.875. The van der Waals surface area contributed by atoms with E-state index in [0.29, 0.717) is 37.9 Å². The number of benzene rings is 1. The Kier molecular flexibility index (Phi) is 5.81. The number of hydrogen-bond donors (Lipinski definition) is 2. The molecule has 2 aliphatic heterocycles. The van der Waals surface area contributed by atoms with Crippen LogP contribution in [-0.2, 0) is 9.53 Å². The monoisotopic (exact) mass is 335 g/mol. The van der Waals surface area contributed by atoms with Gasteiger partial charge in [-0.05, 0) is 44.0 Å². The normalized spacial score (nSPS) is 26.8. The number of halogens is 1. The Hall–Kier alpha value is -1.50. The molecule has 132 valence electrons. The number of carbonyl (C=O) groups excluding carboxylic acids is 1. The molecule has 5 nitrogen and oxygen atoms in total. The van der Waals surface area contributed by atoms with Crippen molar-refractivity contribution < 1.29 is 13.9 Å². The molecule has 3 rings (SSSR count). The summed E-state index contributed by atoms with van der Waals surface area (Å²) in [5, 5.41) is 6.57. The summed E-state index contributed by atoms with van der Waals surface area (Å²) >= 11 is 0. The van der Waals surface area contributed by atoms with Gasteiger partial charge in [0.2, 0.25) is 5.91 Å². The van der Waals surface area contributed by atoms with Crippen molar-refractivity contribution in [1.82, 2.24) is 15.5 Å². The Morgan fingerprint density at radius 2 is 2.21 bits per heavy atom. The summed E-state index contributed by atoms with van der Waals surface area (Å²) in [4.78, 5) is 15.1. The van der Waals surface area contributed by atoms with Gasteiger partial charge in [0, 0.05) is 25.2 Å². The molecular formula is C18H26FN3O2. The summed E-state index contributed by atoms with van der Waals surface area (Å²) in [5.74, 6) is -0.351. The van der Waals surface area contributed by atoms with Gasteiger partial charge < -0.3 is 15.4 Å². The topological polar surface area (TPSA) is 53.6 Å². The van der Waals surface area contributed by atoms with E-state index in [9.17, 15) is 9.18 Å². The minimum absolute atomic E-state index is 0.0402. The Balaban J connectivity index is 1.76. The Labute approximate surface area is 142 Å². The highest BCUT2D eigenvalue weighted by molar-refractivity contribution is 5.83. The van der Waals surface area contributed by atoms with E-state index in [1.165, 1.54) is 12.1 Å². The zero-order valence-electron chi connectivity index (χ0n) is 14.1. The van der Waals surface area contributed by atoms with Crippen molar-refractivity contribution in [3.63, 3.8) is 0 Å². The zero-order valence-corrected chi connectivity index (χ0v) is 14.1. The average molecular weight is 335 g/mol. The summed E-state index contributed by atoms with van der Waals surface area (Å²) in [6, 6.07) is 6.48. The summed E-state index contributed by atoms with van der Waals surface area (Å²) in [6.45, 7) is 5.60. The SMILES string of the molecule is CC1CC(NC(=O)C(c2cccc(F)c2)N2CCOCC2)CCN1. The fourth-order valence-corrected chi connectivity index (χ4v) is 3.58. The zero-order chi connectivity index (χ0) is 16.9. The van der Waals surface area contributed by atoms with Crippen LogP contribution in [0.5, 0.6) is 0 Å². The number of ether oxygens (including phenoxy) is 1. The number of rotatable bonds is 4. The molecule has 2 aliphatic rings. The maximum absolute atomic E-state index is 13.7. The second kappa shape index (κ2) is 8.05. The predicted octanol–water partition coefficient (Wildman–Crippen LogP) is 1.46. The van der Waals surface area contributed by atoms with Gasteiger partial charge in [0.15, 0.2) is 0 Å². The van der Waals surface area contributed by atoms with Gasteiger partial charge in [0.25, 0.3) is 0 Å².